The standard InChI is InChI=1S/C45H35N3O4S3/c1-4-46-43(52)41(55-45(46)53)44-47(26-40(49)50)42(51)39(54-44)25-31-11-17-33(18-12-31)32-15-9-29(10-16-32)7-8-30-13-19-34(20-14-30)48-37-21-5-27(2)23-35(37)36-24-28(3)6-22-38(36)48/h5-25H,4,26H2,1-3H3,(H,49,50)/b8-7+,39-25+,44-41-. The van der Waals surface area contributed by atoms with Crippen LogP contribution in [0.15, 0.2) is 114 Å². The quantitative estimate of drug-likeness (QED) is 0.123. The number of hydrogen-bond acceptors (Lipinski definition) is 6. The molecule has 1 saturated heterocycles. The highest BCUT2D eigenvalue weighted by Gasteiger charge is 2.33. The molecule has 0 atom stereocenters. The second-order valence-electron chi connectivity index (χ2n) is 13.5. The minimum atomic E-state index is -1.17. The number of aromatic nitrogens is 2. The SMILES string of the molecule is CCN1C(=O)/C(=c2/s/c(=C/c3ccc(-c4ccc(/C=C/c5ccc(-n6c7ccc(C)cc7c7cc(C)ccc76)cc5)cc4)cc3)c(=O)n2CC(=O)O)SC1=S. The highest BCUT2D eigenvalue weighted by molar-refractivity contribution is 8.30. The average molecular weight is 778 g/mol. The number of carbonyl (C=O) groups is 2. The van der Waals surface area contributed by atoms with Crippen LogP contribution in [0, 0.1) is 13.8 Å². The molecule has 5 aromatic carbocycles. The van der Waals surface area contributed by atoms with Gasteiger partial charge < -0.3 is 9.67 Å². The summed E-state index contributed by atoms with van der Waals surface area (Å²) in [6.07, 6.45) is 5.96. The summed E-state index contributed by atoms with van der Waals surface area (Å²) in [5, 5.41) is 12.0. The number of benzene rings is 5. The van der Waals surface area contributed by atoms with E-state index in [0.29, 0.717) is 20.1 Å². The molecule has 55 heavy (non-hydrogen) atoms. The second kappa shape index (κ2) is 14.8. The fraction of sp³-hybridized carbons (Fsp3) is 0.111. The normalized spacial score (nSPS) is 14.7. The van der Waals surface area contributed by atoms with E-state index in [1.165, 1.54) is 37.8 Å². The van der Waals surface area contributed by atoms with Crippen molar-refractivity contribution in [2.24, 2.45) is 0 Å². The number of nitrogens with zero attached hydrogens (tertiary/aromatic N) is 3. The number of rotatable bonds is 8. The summed E-state index contributed by atoms with van der Waals surface area (Å²) in [7, 11) is 0. The number of carbonyl (C=O) groups excluding carboxylic acids is 1. The summed E-state index contributed by atoms with van der Waals surface area (Å²) in [5.41, 5.74) is 10.6. The topological polar surface area (TPSA) is 84.5 Å². The van der Waals surface area contributed by atoms with Crippen molar-refractivity contribution in [3.8, 4) is 16.8 Å². The first-order chi connectivity index (χ1) is 26.6. The number of aliphatic carboxylic acids is 1. The number of thioether (sulfide) groups is 1. The van der Waals surface area contributed by atoms with E-state index in [1.807, 2.05) is 31.2 Å². The molecular formula is C45H35N3O4S3. The van der Waals surface area contributed by atoms with Gasteiger partial charge in [0.2, 0.25) is 0 Å². The number of hydrogen-bond donors (Lipinski definition) is 1. The lowest BCUT2D eigenvalue weighted by Crippen LogP contribution is -2.35. The lowest BCUT2D eigenvalue weighted by Gasteiger charge is -2.09. The minimum absolute atomic E-state index is 0.280. The first-order valence-electron chi connectivity index (χ1n) is 17.8. The van der Waals surface area contributed by atoms with Gasteiger partial charge in [0.05, 0.1) is 15.6 Å². The van der Waals surface area contributed by atoms with E-state index in [4.69, 9.17) is 12.2 Å². The molecule has 7 nitrogen and oxygen atoms in total. The molecule has 1 aliphatic heterocycles. The maximum atomic E-state index is 13.3. The number of amides is 1. The van der Waals surface area contributed by atoms with E-state index >= 15 is 0 Å². The van der Waals surface area contributed by atoms with Crippen LogP contribution in [0.25, 0.3) is 61.8 Å². The number of fused-ring (bicyclic) bond motifs is 3. The Bertz CT molecular complexity index is 2840. The van der Waals surface area contributed by atoms with Crippen LogP contribution in [0.5, 0.6) is 0 Å². The zero-order valence-corrected chi connectivity index (χ0v) is 32.7. The molecule has 0 aliphatic carbocycles. The van der Waals surface area contributed by atoms with E-state index < -0.39 is 18.1 Å². The molecule has 8 rings (SSSR count). The van der Waals surface area contributed by atoms with Crippen molar-refractivity contribution in [3.63, 3.8) is 0 Å². The van der Waals surface area contributed by atoms with E-state index in [9.17, 15) is 19.5 Å². The molecule has 0 spiro atoms. The van der Waals surface area contributed by atoms with Crippen LogP contribution in [0.3, 0.4) is 0 Å². The Balaban J connectivity index is 1.00. The predicted octanol–water partition coefficient (Wildman–Crippen LogP) is 8.36. The molecule has 10 heteroatoms. The Morgan fingerprint density at radius 2 is 1.27 bits per heavy atom. The summed E-state index contributed by atoms with van der Waals surface area (Å²) >= 11 is 7.54. The van der Waals surface area contributed by atoms with Gasteiger partial charge >= 0.3 is 5.97 Å². The molecule has 2 aromatic heterocycles. The van der Waals surface area contributed by atoms with Gasteiger partial charge in [0.15, 0.2) is 0 Å². The van der Waals surface area contributed by atoms with Gasteiger partial charge in [0.25, 0.3) is 11.5 Å². The molecule has 3 heterocycles. The van der Waals surface area contributed by atoms with Crippen molar-refractivity contribution in [1.82, 2.24) is 14.0 Å². The molecule has 0 saturated carbocycles. The number of carboxylic acid groups (broad SMARTS) is 1. The van der Waals surface area contributed by atoms with Crippen molar-refractivity contribution in [2.75, 3.05) is 6.54 Å². The largest absolute Gasteiger partial charge is 0.480 e. The van der Waals surface area contributed by atoms with Gasteiger partial charge in [-0.1, -0.05) is 120 Å². The van der Waals surface area contributed by atoms with E-state index in [0.717, 1.165) is 61.2 Å². The minimum Gasteiger partial charge on any atom is -0.480 e. The van der Waals surface area contributed by atoms with Crippen LogP contribution in [0.2, 0.25) is 0 Å². The van der Waals surface area contributed by atoms with Gasteiger partial charge in [-0.15, -0.1) is 11.3 Å². The summed E-state index contributed by atoms with van der Waals surface area (Å²) in [6.45, 7) is 5.94. The van der Waals surface area contributed by atoms with Crippen molar-refractivity contribution >= 4 is 96.5 Å². The van der Waals surface area contributed by atoms with Crippen LogP contribution in [-0.2, 0) is 16.1 Å². The molecule has 1 aliphatic rings. The lowest BCUT2D eigenvalue weighted by molar-refractivity contribution is -0.137. The zero-order chi connectivity index (χ0) is 38.4. The first-order valence-corrected chi connectivity index (χ1v) is 19.8. The first kappa shape index (κ1) is 36.2. The van der Waals surface area contributed by atoms with Crippen molar-refractivity contribution in [3.05, 3.63) is 157 Å². The Hall–Kier alpha value is -5.81. The summed E-state index contributed by atoms with van der Waals surface area (Å²) in [6, 6.07) is 38.1. The van der Waals surface area contributed by atoms with Gasteiger partial charge in [-0.2, -0.15) is 0 Å². The highest BCUT2D eigenvalue weighted by Crippen LogP contribution is 2.34. The third-order valence-corrected chi connectivity index (χ3v) is 12.4. The number of carboxylic acids is 1. The van der Waals surface area contributed by atoms with Crippen LogP contribution in [-0.4, -0.2) is 41.9 Å². The Kier molecular flexibility index (Phi) is 9.73. The second-order valence-corrected chi connectivity index (χ2v) is 16.2. The molecular weight excluding hydrogens is 743 g/mol. The smallest absolute Gasteiger partial charge is 0.323 e. The van der Waals surface area contributed by atoms with Gasteiger partial charge in [-0.3, -0.25) is 23.9 Å². The molecule has 1 amide bonds. The zero-order valence-electron chi connectivity index (χ0n) is 30.3. The Morgan fingerprint density at radius 1 is 0.745 bits per heavy atom. The van der Waals surface area contributed by atoms with Crippen LogP contribution >= 0.6 is 35.3 Å². The van der Waals surface area contributed by atoms with Crippen molar-refractivity contribution in [1.29, 1.82) is 0 Å². The maximum Gasteiger partial charge on any atom is 0.323 e. The number of thiocarbonyl (C=S) groups is 1. The van der Waals surface area contributed by atoms with Crippen LogP contribution in [0.1, 0.15) is 34.7 Å². The van der Waals surface area contributed by atoms with Gasteiger partial charge in [-0.25, -0.2) is 0 Å². The monoisotopic (exact) mass is 777 g/mol. The van der Waals surface area contributed by atoms with Crippen LogP contribution < -0.4 is 14.8 Å². The Morgan fingerprint density at radius 3 is 1.78 bits per heavy atom. The molecule has 0 bridgehead atoms. The summed E-state index contributed by atoms with van der Waals surface area (Å²) < 4.78 is 4.52. The summed E-state index contributed by atoms with van der Waals surface area (Å²) in [4.78, 5) is 39.7. The average Bonchev–Trinajstić information content (AvgIpc) is 3.77. The molecule has 0 radical (unpaired) electrons. The highest BCUT2D eigenvalue weighted by atomic mass is 32.2. The molecule has 7 aromatic rings. The predicted molar refractivity (Wildman–Crippen MR) is 231 cm³/mol. The fourth-order valence-corrected chi connectivity index (χ4v) is 9.57. The lowest BCUT2D eigenvalue weighted by atomic mass is 10.0. The number of aryl methyl sites for hydroxylation is 2. The third kappa shape index (κ3) is 7.00. The third-order valence-electron chi connectivity index (χ3n) is 9.71. The van der Waals surface area contributed by atoms with Gasteiger partial charge in [0, 0.05) is 23.0 Å². The van der Waals surface area contributed by atoms with Crippen LogP contribution in [0.4, 0.5) is 0 Å². The van der Waals surface area contributed by atoms with Gasteiger partial charge in [-0.05, 0) is 91.1 Å². The molecule has 272 valence electrons. The van der Waals surface area contributed by atoms with E-state index in [1.54, 1.807) is 6.08 Å². The number of thiazole rings is 1. The van der Waals surface area contributed by atoms with E-state index in [-0.39, 0.29) is 10.8 Å². The fourth-order valence-electron chi connectivity index (χ4n) is 6.93. The Labute approximate surface area is 330 Å². The van der Waals surface area contributed by atoms with E-state index in [2.05, 4.69) is 115 Å². The van der Waals surface area contributed by atoms with Crippen molar-refractivity contribution < 1.29 is 14.7 Å². The van der Waals surface area contributed by atoms with Gasteiger partial charge in [0.1, 0.15) is 20.4 Å². The van der Waals surface area contributed by atoms with Crippen molar-refractivity contribution in [2.45, 2.75) is 27.3 Å². The maximum absolute atomic E-state index is 13.3. The summed E-state index contributed by atoms with van der Waals surface area (Å²) in [5.74, 6) is -1.48. The molecule has 1 fully saturated rings. The molecule has 0 unspecified atom stereocenters. The molecule has 1 N–H and O–H groups in total.